The molecule has 1 fully saturated rings. The first kappa shape index (κ1) is 20.0. The van der Waals surface area contributed by atoms with E-state index in [1.165, 1.54) is 5.56 Å². The number of nitrogens with two attached hydrogens (primary N) is 1. The normalized spacial score (nSPS) is 21.3. The van der Waals surface area contributed by atoms with Crippen molar-refractivity contribution >= 4 is 35.0 Å². The molecule has 4 rings (SSSR count). The highest BCUT2D eigenvalue weighted by molar-refractivity contribution is 6.36. The average molecular weight is 437 g/mol. The van der Waals surface area contributed by atoms with Gasteiger partial charge in [0.15, 0.2) is 6.61 Å². The number of nitrogens with zero attached hydrogens (tertiary/aromatic N) is 2. The molecule has 0 spiro atoms. The minimum atomic E-state index is -0.580. The molecule has 1 aliphatic heterocycles. The van der Waals surface area contributed by atoms with E-state index in [1.807, 2.05) is 11.1 Å². The first-order chi connectivity index (χ1) is 13.9. The minimum absolute atomic E-state index is 0.145. The highest BCUT2D eigenvalue weighted by Gasteiger charge is 2.38. The summed E-state index contributed by atoms with van der Waals surface area (Å²) in [6, 6.07) is 3.42. The van der Waals surface area contributed by atoms with Gasteiger partial charge in [-0.05, 0) is 55.4 Å². The summed E-state index contributed by atoms with van der Waals surface area (Å²) >= 11 is 12.8. The van der Waals surface area contributed by atoms with Gasteiger partial charge in [0.2, 0.25) is 5.91 Å². The van der Waals surface area contributed by atoms with E-state index in [9.17, 15) is 9.59 Å². The lowest BCUT2D eigenvalue weighted by molar-refractivity contribution is -0.133. The van der Waals surface area contributed by atoms with Gasteiger partial charge in [-0.1, -0.05) is 23.2 Å². The summed E-state index contributed by atoms with van der Waals surface area (Å²) in [5, 5.41) is 8.02. The van der Waals surface area contributed by atoms with Gasteiger partial charge in [-0.2, -0.15) is 5.10 Å². The summed E-state index contributed by atoms with van der Waals surface area (Å²) in [4.78, 5) is 25.9. The third-order valence-electron chi connectivity index (χ3n) is 5.72. The van der Waals surface area contributed by atoms with Crippen molar-refractivity contribution in [2.45, 2.75) is 38.1 Å². The number of carbonyl (C=O) groups excluding carboxylic acids is 2. The number of aromatic amines is 1. The molecule has 1 aliphatic carbocycles. The summed E-state index contributed by atoms with van der Waals surface area (Å²) < 4.78 is 5.27. The summed E-state index contributed by atoms with van der Waals surface area (Å²) in [7, 11) is 0. The number of amides is 2. The van der Waals surface area contributed by atoms with Gasteiger partial charge in [0.25, 0.3) is 5.91 Å². The van der Waals surface area contributed by atoms with Crippen LogP contribution in [0, 0.1) is 5.92 Å². The Kier molecular flexibility index (Phi) is 5.69. The van der Waals surface area contributed by atoms with Crippen LogP contribution in [-0.2, 0) is 28.9 Å². The minimum Gasteiger partial charge on any atom is -0.484 e. The van der Waals surface area contributed by atoms with Crippen molar-refractivity contribution in [2.24, 2.45) is 11.7 Å². The lowest BCUT2D eigenvalue weighted by atomic mass is 9.92. The van der Waals surface area contributed by atoms with Crippen LogP contribution in [0.1, 0.15) is 29.7 Å². The van der Waals surface area contributed by atoms with Crippen LogP contribution in [0.3, 0.4) is 0 Å². The molecule has 1 aromatic carbocycles. The van der Waals surface area contributed by atoms with Crippen LogP contribution in [0.2, 0.25) is 10.0 Å². The van der Waals surface area contributed by atoms with Crippen molar-refractivity contribution in [3.8, 4) is 5.75 Å². The molecule has 1 saturated heterocycles. The zero-order chi connectivity index (χ0) is 20.5. The Labute approximate surface area is 178 Å². The number of benzene rings is 1. The van der Waals surface area contributed by atoms with Crippen molar-refractivity contribution < 1.29 is 14.3 Å². The van der Waals surface area contributed by atoms with E-state index in [1.54, 1.807) is 12.1 Å². The second-order valence-corrected chi connectivity index (χ2v) is 8.41. The third-order valence-corrected chi connectivity index (χ3v) is 6.39. The summed E-state index contributed by atoms with van der Waals surface area (Å²) in [5.74, 6) is -0.195. The number of hydrogen-bond donors (Lipinski definition) is 2. The Balaban J connectivity index is 1.43. The number of aromatic nitrogens is 2. The van der Waals surface area contributed by atoms with Crippen molar-refractivity contribution in [1.82, 2.24) is 15.1 Å². The number of primary amides is 1. The molecule has 7 nitrogen and oxygen atoms in total. The first-order valence-electron chi connectivity index (χ1n) is 9.63. The quantitative estimate of drug-likeness (QED) is 0.725. The smallest absolute Gasteiger partial charge is 0.255 e. The standard InChI is InChI=1S/C20H22Cl2N4O3/c21-16-7-14(29-10-19(23)27)8-17(22)15(16)6-11-3-4-26(20(11)28)13-1-2-18-12(5-13)9-24-25-18/h7-9,11,13H,1-6,10H2,(H2,23,27)(H,24,25). The van der Waals surface area contributed by atoms with E-state index in [2.05, 4.69) is 10.2 Å². The Hall–Kier alpha value is -2.25. The van der Waals surface area contributed by atoms with Gasteiger partial charge >= 0.3 is 0 Å². The van der Waals surface area contributed by atoms with Crippen LogP contribution in [0.4, 0.5) is 0 Å². The second kappa shape index (κ2) is 8.24. The van der Waals surface area contributed by atoms with E-state index in [-0.39, 0.29) is 24.5 Å². The number of ether oxygens (including phenoxy) is 1. The van der Waals surface area contributed by atoms with Crippen LogP contribution >= 0.6 is 23.2 Å². The molecule has 2 aromatic rings. The van der Waals surface area contributed by atoms with Crippen LogP contribution in [0.15, 0.2) is 18.3 Å². The van der Waals surface area contributed by atoms with Crippen LogP contribution in [0.25, 0.3) is 0 Å². The van der Waals surface area contributed by atoms with Crippen molar-refractivity contribution in [1.29, 1.82) is 0 Å². The molecule has 154 valence electrons. The second-order valence-electron chi connectivity index (χ2n) is 7.60. The lowest BCUT2D eigenvalue weighted by Crippen LogP contribution is -2.41. The van der Waals surface area contributed by atoms with Crippen molar-refractivity contribution in [3.63, 3.8) is 0 Å². The molecule has 0 radical (unpaired) electrons. The molecule has 0 bridgehead atoms. The SMILES string of the molecule is NC(=O)COc1cc(Cl)c(CC2CCN(C3CCc4n[nH]cc4C3)C2=O)c(Cl)c1. The molecule has 2 amide bonds. The Bertz CT molecular complexity index is 923. The molecular weight excluding hydrogens is 415 g/mol. The van der Waals surface area contributed by atoms with Gasteiger partial charge in [0.1, 0.15) is 5.75 Å². The highest BCUT2D eigenvalue weighted by Crippen LogP contribution is 2.35. The molecule has 2 aliphatic rings. The maximum Gasteiger partial charge on any atom is 0.255 e. The Morgan fingerprint density at radius 2 is 2.07 bits per heavy atom. The zero-order valence-corrected chi connectivity index (χ0v) is 17.3. The highest BCUT2D eigenvalue weighted by atomic mass is 35.5. The van der Waals surface area contributed by atoms with Crippen LogP contribution < -0.4 is 10.5 Å². The molecule has 2 unspecified atom stereocenters. The van der Waals surface area contributed by atoms with Crippen LogP contribution in [0.5, 0.6) is 5.75 Å². The number of nitrogens with one attached hydrogen (secondary N) is 1. The van der Waals surface area contributed by atoms with Crippen molar-refractivity contribution in [2.75, 3.05) is 13.2 Å². The van der Waals surface area contributed by atoms with E-state index >= 15 is 0 Å². The third kappa shape index (κ3) is 4.21. The monoisotopic (exact) mass is 436 g/mol. The van der Waals surface area contributed by atoms with Gasteiger partial charge in [0, 0.05) is 34.7 Å². The fourth-order valence-electron chi connectivity index (χ4n) is 4.24. The van der Waals surface area contributed by atoms with Crippen molar-refractivity contribution in [3.05, 3.63) is 45.2 Å². The lowest BCUT2D eigenvalue weighted by Gasteiger charge is -2.31. The number of aryl methyl sites for hydroxylation is 1. The molecule has 9 heteroatoms. The molecular formula is C20H22Cl2N4O3. The first-order valence-corrected chi connectivity index (χ1v) is 10.4. The predicted molar refractivity (Wildman–Crippen MR) is 109 cm³/mol. The Morgan fingerprint density at radius 1 is 1.31 bits per heavy atom. The molecule has 3 N–H and O–H groups in total. The maximum atomic E-state index is 13.1. The number of rotatable bonds is 6. The van der Waals surface area contributed by atoms with Gasteiger partial charge in [-0.15, -0.1) is 0 Å². The zero-order valence-electron chi connectivity index (χ0n) is 15.8. The fraction of sp³-hybridized carbons (Fsp3) is 0.450. The predicted octanol–water partition coefficient (Wildman–Crippen LogP) is 2.53. The molecule has 29 heavy (non-hydrogen) atoms. The van der Waals surface area contributed by atoms with E-state index in [0.717, 1.165) is 43.5 Å². The maximum absolute atomic E-state index is 13.1. The largest absolute Gasteiger partial charge is 0.484 e. The molecule has 2 atom stereocenters. The van der Waals surface area contributed by atoms with Gasteiger partial charge in [-0.25, -0.2) is 0 Å². The van der Waals surface area contributed by atoms with Crippen LogP contribution in [-0.4, -0.2) is 46.1 Å². The average Bonchev–Trinajstić information content (AvgIpc) is 3.29. The number of fused-ring (bicyclic) bond motifs is 1. The number of H-pyrrole nitrogens is 1. The summed E-state index contributed by atoms with van der Waals surface area (Å²) in [6.07, 6.45) is 5.86. The van der Waals surface area contributed by atoms with E-state index in [0.29, 0.717) is 22.2 Å². The Morgan fingerprint density at radius 3 is 2.79 bits per heavy atom. The number of likely N-dealkylation sites (tertiary alicyclic amines) is 1. The van der Waals surface area contributed by atoms with E-state index < -0.39 is 5.91 Å². The molecule has 1 aromatic heterocycles. The number of carbonyl (C=O) groups is 2. The summed E-state index contributed by atoms with van der Waals surface area (Å²) in [5.41, 5.74) is 8.13. The number of halogens is 2. The molecule has 0 saturated carbocycles. The van der Waals surface area contributed by atoms with Gasteiger partial charge in [0.05, 0.1) is 5.69 Å². The number of hydrogen-bond acceptors (Lipinski definition) is 4. The fourth-order valence-corrected chi connectivity index (χ4v) is 4.86. The van der Waals surface area contributed by atoms with E-state index in [4.69, 9.17) is 33.7 Å². The molecule has 2 heterocycles. The summed E-state index contributed by atoms with van der Waals surface area (Å²) in [6.45, 7) is 0.498. The van der Waals surface area contributed by atoms with Gasteiger partial charge < -0.3 is 15.4 Å². The topological polar surface area (TPSA) is 101 Å². The van der Waals surface area contributed by atoms with Gasteiger partial charge in [-0.3, -0.25) is 14.7 Å².